The summed E-state index contributed by atoms with van der Waals surface area (Å²) in [5.74, 6) is 0.908. The van der Waals surface area contributed by atoms with Crippen LogP contribution in [0, 0.1) is 0 Å². The Bertz CT molecular complexity index is 1060. The van der Waals surface area contributed by atoms with Gasteiger partial charge in [-0.15, -0.1) is 0 Å². The van der Waals surface area contributed by atoms with E-state index in [1.165, 1.54) is 4.90 Å². The summed E-state index contributed by atoms with van der Waals surface area (Å²) in [6, 6.07) is 15.3. The lowest BCUT2D eigenvalue weighted by atomic mass is 9.97. The number of nitrogens with one attached hydrogen (secondary N) is 1. The summed E-state index contributed by atoms with van der Waals surface area (Å²) in [7, 11) is 0. The molecule has 1 atom stereocenters. The lowest BCUT2D eigenvalue weighted by molar-refractivity contribution is -0.132. The first kappa shape index (κ1) is 17.7. The second-order valence-corrected chi connectivity index (χ2v) is 7.70. The third kappa shape index (κ3) is 3.01. The van der Waals surface area contributed by atoms with Gasteiger partial charge in [0.25, 0.3) is 5.91 Å². The highest BCUT2D eigenvalue weighted by molar-refractivity contribution is 6.10. The van der Waals surface area contributed by atoms with Crippen molar-refractivity contribution < 1.29 is 9.59 Å². The van der Waals surface area contributed by atoms with Crippen LogP contribution >= 0.6 is 0 Å². The Kier molecular flexibility index (Phi) is 4.19. The lowest BCUT2D eigenvalue weighted by Crippen LogP contribution is -2.44. The number of fused-ring (bicyclic) bond motifs is 2. The van der Waals surface area contributed by atoms with Crippen LogP contribution in [0.1, 0.15) is 40.5 Å². The predicted molar refractivity (Wildman–Crippen MR) is 111 cm³/mol. The van der Waals surface area contributed by atoms with Crippen molar-refractivity contribution in [1.82, 2.24) is 19.8 Å². The van der Waals surface area contributed by atoms with Gasteiger partial charge in [-0.3, -0.25) is 14.5 Å². The Hall–Kier alpha value is -3.41. The number of rotatable bonds is 3. The van der Waals surface area contributed by atoms with Crippen molar-refractivity contribution in [3.05, 3.63) is 72.1 Å². The van der Waals surface area contributed by atoms with Gasteiger partial charge in [0.05, 0.1) is 11.0 Å². The van der Waals surface area contributed by atoms with Crippen molar-refractivity contribution in [3.8, 4) is 0 Å². The summed E-state index contributed by atoms with van der Waals surface area (Å²) in [6.45, 7) is 5.38. The second kappa shape index (κ2) is 6.88. The molecule has 1 saturated heterocycles. The maximum Gasteiger partial charge on any atom is 0.259 e. The molecule has 0 unspecified atom stereocenters. The van der Waals surface area contributed by atoms with Crippen LogP contribution in [0.2, 0.25) is 0 Å². The molecule has 29 heavy (non-hydrogen) atoms. The van der Waals surface area contributed by atoms with Crippen molar-refractivity contribution in [3.63, 3.8) is 0 Å². The van der Waals surface area contributed by atoms with Gasteiger partial charge in [0.2, 0.25) is 5.91 Å². The first-order valence-corrected chi connectivity index (χ1v) is 9.94. The minimum Gasteiger partial charge on any atom is -0.342 e. The van der Waals surface area contributed by atoms with Gasteiger partial charge in [-0.25, -0.2) is 4.98 Å². The Labute approximate surface area is 168 Å². The number of H-pyrrole nitrogens is 1. The molecule has 5 rings (SSSR count). The molecule has 0 aliphatic carbocycles. The number of imidazole rings is 1. The molecule has 6 heteroatoms. The van der Waals surface area contributed by atoms with Crippen molar-refractivity contribution in [1.29, 1.82) is 0 Å². The van der Waals surface area contributed by atoms with Gasteiger partial charge >= 0.3 is 0 Å². The van der Waals surface area contributed by atoms with Crippen molar-refractivity contribution in [2.75, 3.05) is 19.6 Å². The smallest absolute Gasteiger partial charge is 0.259 e. The minimum atomic E-state index is -0.148. The van der Waals surface area contributed by atoms with Crippen LogP contribution in [-0.4, -0.2) is 51.2 Å². The highest BCUT2D eigenvalue weighted by Crippen LogP contribution is 2.32. The molecule has 3 heterocycles. The third-order valence-electron chi connectivity index (χ3n) is 5.90. The van der Waals surface area contributed by atoms with Crippen molar-refractivity contribution >= 4 is 28.5 Å². The lowest BCUT2D eigenvalue weighted by Gasteiger charge is -2.33. The molecule has 1 N–H and O–H groups in total. The van der Waals surface area contributed by atoms with Crippen LogP contribution in [0.3, 0.4) is 0 Å². The van der Waals surface area contributed by atoms with Crippen LogP contribution in [0.25, 0.3) is 16.7 Å². The quantitative estimate of drug-likeness (QED) is 0.750. The zero-order valence-electron chi connectivity index (χ0n) is 16.1. The standard InChI is InChI=1S/C23H22N4O2/c1-15-17-8-2-3-9-18(17)23(29)27(15)14-21(28)26-12-6-7-16(13-26)22-24-19-10-4-5-11-20(19)25-22/h2-5,8-11,16H,1,6-7,12-14H2,(H,24,25)/t16-/m0/s1. The number of aromatic amines is 1. The molecule has 2 aromatic carbocycles. The van der Waals surface area contributed by atoms with Crippen LogP contribution in [0.4, 0.5) is 0 Å². The molecule has 0 spiro atoms. The van der Waals surface area contributed by atoms with E-state index in [1.807, 2.05) is 47.4 Å². The van der Waals surface area contributed by atoms with Crippen LogP contribution in [0.5, 0.6) is 0 Å². The van der Waals surface area contributed by atoms with Gasteiger partial charge in [0, 0.05) is 35.8 Å². The molecule has 0 radical (unpaired) electrons. The molecule has 0 bridgehead atoms. The SMILES string of the molecule is C=C1c2ccccc2C(=O)N1CC(=O)N1CCC[C@H](c2nc3ccccc3[nH]2)C1. The molecule has 2 amide bonds. The van der Waals surface area contributed by atoms with Crippen molar-refractivity contribution in [2.45, 2.75) is 18.8 Å². The van der Waals surface area contributed by atoms with Gasteiger partial charge in [0.15, 0.2) is 0 Å². The third-order valence-corrected chi connectivity index (χ3v) is 5.90. The van der Waals surface area contributed by atoms with E-state index in [1.54, 1.807) is 6.07 Å². The van der Waals surface area contributed by atoms with Crippen LogP contribution in [0.15, 0.2) is 55.1 Å². The minimum absolute atomic E-state index is 0.0270. The van der Waals surface area contributed by atoms with E-state index >= 15 is 0 Å². The maximum absolute atomic E-state index is 13.0. The van der Waals surface area contributed by atoms with Crippen LogP contribution < -0.4 is 0 Å². The number of aromatic nitrogens is 2. The Balaban J connectivity index is 1.30. The molecular formula is C23H22N4O2. The molecule has 3 aromatic rings. The van der Waals surface area contributed by atoms with Crippen molar-refractivity contribution in [2.24, 2.45) is 0 Å². The highest BCUT2D eigenvalue weighted by atomic mass is 16.2. The van der Waals surface area contributed by atoms with Gasteiger partial charge in [0.1, 0.15) is 12.4 Å². The Morgan fingerprint density at radius 1 is 1.14 bits per heavy atom. The Morgan fingerprint density at radius 2 is 1.90 bits per heavy atom. The Morgan fingerprint density at radius 3 is 2.69 bits per heavy atom. The molecule has 0 saturated carbocycles. The molecule has 2 aliphatic heterocycles. The average Bonchev–Trinajstić information content (AvgIpc) is 3.29. The number of carbonyl (C=O) groups is 2. The van der Waals surface area contributed by atoms with E-state index in [2.05, 4.69) is 11.6 Å². The fourth-order valence-corrected chi connectivity index (χ4v) is 4.33. The molecule has 2 aliphatic rings. The van der Waals surface area contributed by atoms with E-state index in [0.29, 0.717) is 24.4 Å². The topological polar surface area (TPSA) is 69.3 Å². The predicted octanol–water partition coefficient (Wildman–Crippen LogP) is 3.40. The number of amides is 2. The summed E-state index contributed by atoms with van der Waals surface area (Å²) >= 11 is 0. The van der Waals surface area contributed by atoms with E-state index in [-0.39, 0.29) is 24.3 Å². The van der Waals surface area contributed by atoms with Gasteiger partial charge in [-0.1, -0.05) is 36.9 Å². The first-order valence-electron chi connectivity index (χ1n) is 9.94. The van der Waals surface area contributed by atoms with Gasteiger partial charge < -0.3 is 9.88 Å². The number of hydrogen-bond donors (Lipinski definition) is 1. The average molecular weight is 386 g/mol. The fourth-order valence-electron chi connectivity index (χ4n) is 4.33. The zero-order chi connectivity index (χ0) is 20.0. The summed E-state index contributed by atoms with van der Waals surface area (Å²) < 4.78 is 0. The molecule has 1 fully saturated rings. The maximum atomic E-state index is 13.0. The monoisotopic (exact) mass is 386 g/mol. The summed E-state index contributed by atoms with van der Waals surface area (Å²) in [5, 5.41) is 0. The van der Waals surface area contributed by atoms with Gasteiger partial charge in [-0.05, 0) is 31.0 Å². The second-order valence-electron chi connectivity index (χ2n) is 7.70. The van der Waals surface area contributed by atoms with E-state index < -0.39 is 0 Å². The van der Waals surface area contributed by atoms with E-state index in [0.717, 1.165) is 35.3 Å². The summed E-state index contributed by atoms with van der Waals surface area (Å²) in [4.78, 5) is 37.2. The van der Waals surface area contributed by atoms with E-state index in [4.69, 9.17) is 4.98 Å². The number of carbonyl (C=O) groups excluding carboxylic acids is 2. The number of para-hydroxylation sites is 2. The number of nitrogens with zero attached hydrogens (tertiary/aromatic N) is 3. The molecule has 146 valence electrons. The summed E-state index contributed by atoms with van der Waals surface area (Å²) in [6.07, 6.45) is 1.91. The largest absolute Gasteiger partial charge is 0.342 e. The molecular weight excluding hydrogens is 364 g/mol. The molecule has 1 aromatic heterocycles. The first-order chi connectivity index (χ1) is 14.1. The van der Waals surface area contributed by atoms with E-state index in [9.17, 15) is 9.59 Å². The van der Waals surface area contributed by atoms with Crippen LogP contribution in [-0.2, 0) is 4.79 Å². The molecule has 6 nitrogen and oxygen atoms in total. The number of likely N-dealkylation sites (tertiary alicyclic amines) is 1. The fraction of sp³-hybridized carbons (Fsp3) is 0.261. The number of hydrogen-bond acceptors (Lipinski definition) is 3. The van der Waals surface area contributed by atoms with Gasteiger partial charge in [-0.2, -0.15) is 0 Å². The highest BCUT2D eigenvalue weighted by Gasteiger charge is 2.34. The number of piperidine rings is 1. The zero-order valence-corrected chi connectivity index (χ0v) is 16.1. The summed E-state index contributed by atoms with van der Waals surface area (Å²) in [5.41, 5.74) is 3.99. The number of benzene rings is 2. The normalized spacial score (nSPS) is 19.1.